The molecule has 4 nitrogen and oxygen atoms in total. The van der Waals surface area contributed by atoms with E-state index in [4.69, 9.17) is 0 Å². The second kappa shape index (κ2) is 5.38. The highest BCUT2D eigenvalue weighted by Gasteiger charge is 2.20. The lowest BCUT2D eigenvalue weighted by Gasteiger charge is -2.29. The molecule has 1 aliphatic carbocycles. The van der Waals surface area contributed by atoms with E-state index in [0.29, 0.717) is 6.04 Å². The second-order valence-corrected chi connectivity index (χ2v) is 5.33. The molecule has 0 radical (unpaired) electrons. The van der Waals surface area contributed by atoms with Crippen molar-refractivity contribution in [1.29, 1.82) is 0 Å². The van der Waals surface area contributed by atoms with Gasteiger partial charge in [0.1, 0.15) is 0 Å². The van der Waals surface area contributed by atoms with Crippen molar-refractivity contribution in [2.45, 2.75) is 45.6 Å². The SMILES string of the molecule is Cc1ccc([N+](=O)[O-])cc1NC(C)CC1CCC1. The number of non-ortho nitro benzene ring substituents is 1. The van der Waals surface area contributed by atoms with Crippen molar-refractivity contribution in [3.63, 3.8) is 0 Å². The van der Waals surface area contributed by atoms with Crippen LogP contribution in [0.5, 0.6) is 0 Å². The molecule has 0 aliphatic heterocycles. The zero-order valence-electron chi connectivity index (χ0n) is 11.0. The zero-order valence-corrected chi connectivity index (χ0v) is 11.0. The van der Waals surface area contributed by atoms with Crippen molar-refractivity contribution < 1.29 is 4.92 Å². The van der Waals surface area contributed by atoms with Crippen molar-refractivity contribution >= 4 is 11.4 Å². The first-order valence-electron chi connectivity index (χ1n) is 6.58. The first-order valence-corrected chi connectivity index (χ1v) is 6.58. The van der Waals surface area contributed by atoms with E-state index in [-0.39, 0.29) is 10.6 Å². The second-order valence-electron chi connectivity index (χ2n) is 5.33. The summed E-state index contributed by atoms with van der Waals surface area (Å²) in [4.78, 5) is 10.4. The number of nitrogens with zero attached hydrogens (tertiary/aromatic N) is 1. The average molecular weight is 248 g/mol. The number of nitrogens with one attached hydrogen (secondary N) is 1. The third kappa shape index (κ3) is 3.00. The fourth-order valence-electron chi connectivity index (χ4n) is 2.43. The standard InChI is InChI=1S/C14H20N2O2/c1-10-6-7-13(16(17)18)9-14(10)15-11(2)8-12-4-3-5-12/h6-7,9,11-12,15H,3-5,8H2,1-2H3. The predicted molar refractivity (Wildman–Crippen MR) is 72.9 cm³/mol. The summed E-state index contributed by atoms with van der Waals surface area (Å²) in [5.74, 6) is 0.839. The summed E-state index contributed by atoms with van der Waals surface area (Å²) in [7, 11) is 0. The van der Waals surface area contributed by atoms with E-state index in [1.165, 1.54) is 19.3 Å². The van der Waals surface area contributed by atoms with E-state index < -0.39 is 0 Å². The number of nitro benzene ring substituents is 1. The largest absolute Gasteiger partial charge is 0.382 e. The molecule has 1 aliphatic rings. The minimum absolute atomic E-state index is 0.152. The first kappa shape index (κ1) is 12.9. The van der Waals surface area contributed by atoms with Crippen LogP contribution in [0.15, 0.2) is 18.2 Å². The van der Waals surface area contributed by atoms with E-state index in [1.807, 2.05) is 6.92 Å². The molecule has 1 saturated carbocycles. The molecule has 1 fully saturated rings. The molecule has 0 heterocycles. The summed E-state index contributed by atoms with van der Waals surface area (Å²) in [5, 5.41) is 14.2. The van der Waals surface area contributed by atoms with Crippen LogP contribution < -0.4 is 5.32 Å². The molecule has 0 aromatic heterocycles. The number of anilines is 1. The molecule has 4 heteroatoms. The third-order valence-electron chi connectivity index (χ3n) is 3.75. The maximum Gasteiger partial charge on any atom is 0.271 e. The Bertz CT molecular complexity index is 441. The minimum atomic E-state index is -0.346. The van der Waals surface area contributed by atoms with Gasteiger partial charge in [-0.15, -0.1) is 0 Å². The molecule has 1 atom stereocenters. The maximum absolute atomic E-state index is 10.8. The zero-order chi connectivity index (χ0) is 13.1. The van der Waals surface area contributed by atoms with Crippen LogP contribution in [0, 0.1) is 23.0 Å². The monoisotopic (exact) mass is 248 g/mol. The highest BCUT2D eigenvalue weighted by atomic mass is 16.6. The lowest BCUT2D eigenvalue weighted by atomic mass is 9.81. The van der Waals surface area contributed by atoms with Crippen molar-refractivity contribution in [3.05, 3.63) is 33.9 Å². The van der Waals surface area contributed by atoms with E-state index in [2.05, 4.69) is 12.2 Å². The van der Waals surface area contributed by atoms with E-state index in [9.17, 15) is 10.1 Å². The van der Waals surface area contributed by atoms with Crippen LogP contribution in [0.1, 0.15) is 38.2 Å². The molecule has 0 saturated heterocycles. The summed E-state index contributed by atoms with van der Waals surface area (Å²) in [5.41, 5.74) is 2.09. The number of aryl methyl sites for hydroxylation is 1. The lowest BCUT2D eigenvalue weighted by Crippen LogP contribution is -2.23. The van der Waals surface area contributed by atoms with Crippen LogP contribution in [0.4, 0.5) is 11.4 Å². The van der Waals surface area contributed by atoms with Crippen LogP contribution in [0.2, 0.25) is 0 Å². The Morgan fingerprint density at radius 3 is 2.78 bits per heavy atom. The van der Waals surface area contributed by atoms with Gasteiger partial charge in [-0.3, -0.25) is 10.1 Å². The minimum Gasteiger partial charge on any atom is -0.382 e. The maximum atomic E-state index is 10.8. The topological polar surface area (TPSA) is 55.2 Å². The van der Waals surface area contributed by atoms with Gasteiger partial charge in [0, 0.05) is 23.9 Å². The number of hydrogen-bond donors (Lipinski definition) is 1. The predicted octanol–water partition coefficient (Wildman–Crippen LogP) is 3.89. The summed E-state index contributed by atoms with van der Waals surface area (Å²) in [6.45, 7) is 4.12. The van der Waals surface area contributed by atoms with Crippen LogP contribution in [0.3, 0.4) is 0 Å². The van der Waals surface area contributed by atoms with Gasteiger partial charge in [-0.2, -0.15) is 0 Å². The molecular formula is C14H20N2O2. The number of rotatable bonds is 5. The van der Waals surface area contributed by atoms with Crippen molar-refractivity contribution in [2.75, 3.05) is 5.32 Å². The average Bonchev–Trinajstić information content (AvgIpc) is 2.26. The summed E-state index contributed by atoms with van der Waals surface area (Å²) >= 11 is 0. The smallest absolute Gasteiger partial charge is 0.271 e. The van der Waals surface area contributed by atoms with Crippen LogP contribution in [-0.4, -0.2) is 11.0 Å². The summed E-state index contributed by atoms with van der Waals surface area (Å²) in [6.07, 6.45) is 5.18. The molecule has 18 heavy (non-hydrogen) atoms. The van der Waals surface area contributed by atoms with Crippen LogP contribution in [-0.2, 0) is 0 Å². The van der Waals surface area contributed by atoms with Gasteiger partial charge in [0.15, 0.2) is 0 Å². The molecule has 98 valence electrons. The van der Waals surface area contributed by atoms with Gasteiger partial charge in [0.2, 0.25) is 0 Å². The van der Waals surface area contributed by atoms with Crippen molar-refractivity contribution in [2.24, 2.45) is 5.92 Å². The number of benzene rings is 1. The van der Waals surface area contributed by atoms with Crippen molar-refractivity contribution in [3.8, 4) is 0 Å². The van der Waals surface area contributed by atoms with Crippen molar-refractivity contribution in [1.82, 2.24) is 0 Å². The molecule has 0 bridgehead atoms. The molecule has 1 aromatic carbocycles. The van der Waals surface area contributed by atoms with Gasteiger partial charge in [0.05, 0.1) is 4.92 Å². The molecular weight excluding hydrogens is 228 g/mol. The quantitative estimate of drug-likeness (QED) is 0.635. The Morgan fingerprint density at radius 1 is 1.50 bits per heavy atom. The van der Waals surface area contributed by atoms with E-state index in [0.717, 1.165) is 23.6 Å². The fraction of sp³-hybridized carbons (Fsp3) is 0.571. The molecule has 0 amide bonds. The lowest BCUT2D eigenvalue weighted by molar-refractivity contribution is -0.384. The van der Waals surface area contributed by atoms with E-state index >= 15 is 0 Å². The van der Waals surface area contributed by atoms with Gasteiger partial charge < -0.3 is 5.32 Å². The number of nitro groups is 1. The Morgan fingerprint density at radius 2 is 2.22 bits per heavy atom. The Hall–Kier alpha value is -1.58. The Labute approximate surface area is 108 Å². The summed E-state index contributed by atoms with van der Waals surface area (Å²) < 4.78 is 0. The normalized spacial score (nSPS) is 17.0. The Balaban J connectivity index is 2.02. The molecule has 1 aromatic rings. The molecule has 1 N–H and O–H groups in total. The first-order chi connectivity index (χ1) is 8.56. The molecule has 2 rings (SSSR count). The van der Waals surface area contributed by atoms with Crippen LogP contribution in [0.25, 0.3) is 0 Å². The van der Waals surface area contributed by atoms with E-state index in [1.54, 1.807) is 18.2 Å². The van der Waals surface area contributed by atoms with Gasteiger partial charge in [-0.05, 0) is 31.7 Å². The number of hydrogen-bond acceptors (Lipinski definition) is 3. The summed E-state index contributed by atoms with van der Waals surface area (Å²) in [6, 6.07) is 5.36. The fourth-order valence-corrected chi connectivity index (χ4v) is 2.43. The van der Waals surface area contributed by atoms with Gasteiger partial charge in [0.25, 0.3) is 5.69 Å². The molecule has 0 spiro atoms. The third-order valence-corrected chi connectivity index (χ3v) is 3.75. The Kier molecular flexibility index (Phi) is 3.84. The van der Waals surface area contributed by atoms with Gasteiger partial charge in [-0.25, -0.2) is 0 Å². The highest BCUT2D eigenvalue weighted by molar-refractivity contribution is 5.57. The van der Waals surface area contributed by atoms with Crippen LogP contribution >= 0.6 is 0 Å². The van der Waals surface area contributed by atoms with Gasteiger partial charge >= 0.3 is 0 Å². The van der Waals surface area contributed by atoms with Gasteiger partial charge in [-0.1, -0.05) is 25.3 Å². The molecule has 1 unspecified atom stereocenters. The highest BCUT2D eigenvalue weighted by Crippen LogP contribution is 2.31.